The summed E-state index contributed by atoms with van der Waals surface area (Å²) in [5.74, 6) is 0. The maximum atomic E-state index is 4.25. The van der Waals surface area contributed by atoms with E-state index in [2.05, 4.69) is 22.9 Å². The van der Waals surface area contributed by atoms with Crippen molar-refractivity contribution in [3.8, 4) is 0 Å². The second-order valence-electron chi connectivity index (χ2n) is 3.11. The minimum Gasteiger partial charge on any atom is -0.239 e. The summed E-state index contributed by atoms with van der Waals surface area (Å²) in [5.41, 5.74) is 0. The Kier molecular flexibility index (Phi) is 4.72. The van der Waals surface area contributed by atoms with E-state index in [-0.39, 0.29) is 0 Å². The van der Waals surface area contributed by atoms with Crippen LogP contribution in [0.1, 0.15) is 39.0 Å². The quantitative estimate of drug-likeness (QED) is 0.415. The lowest BCUT2D eigenvalue weighted by molar-refractivity contribution is 0.283. The summed E-state index contributed by atoms with van der Waals surface area (Å²) in [5, 5.41) is 0. The molecule has 0 heterocycles. The van der Waals surface area contributed by atoms with Crippen molar-refractivity contribution in [3.63, 3.8) is 0 Å². The third-order valence-corrected chi connectivity index (χ3v) is 3.79. The van der Waals surface area contributed by atoms with Crippen LogP contribution in [0.3, 0.4) is 0 Å². The summed E-state index contributed by atoms with van der Waals surface area (Å²) >= 11 is 4.25. The molecule has 1 fully saturated rings. The Hall–Kier alpha value is 0.660. The van der Waals surface area contributed by atoms with Crippen molar-refractivity contribution in [2.75, 3.05) is 6.54 Å². The van der Waals surface area contributed by atoms with Gasteiger partial charge in [-0.05, 0) is 23.8 Å². The van der Waals surface area contributed by atoms with Crippen LogP contribution in [0.15, 0.2) is 0 Å². The Morgan fingerprint density at radius 3 is 2.45 bits per heavy atom. The molecule has 0 atom stereocenters. The molecule has 3 heteroatoms. The molecule has 0 aromatic rings. The largest absolute Gasteiger partial charge is 0.239 e. The second-order valence-corrected chi connectivity index (χ2v) is 4.23. The first-order valence-electron chi connectivity index (χ1n) is 4.46. The van der Waals surface area contributed by atoms with Gasteiger partial charge < -0.3 is 0 Å². The van der Waals surface area contributed by atoms with E-state index in [9.17, 15) is 0 Å². The van der Waals surface area contributed by atoms with Gasteiger partial charge in [-0.3, -0.25) is 0 Å². The third-order valence-electron chi connectivity index (χ3n) is 2.40. The van der Waals surface area contributed by atoms with Gasteiger partial charge in [0.2, 0.25) is 0 Å². The number of thiol groups is 1. The summed E-state index contributed by atoms with van der Waals surface area (Å²) < 4.78 is 2.39. The fraction of sp³-hybridized carbons (Fsp3) is 1.00. The minimum atomic E-state index is 0.802. The molecular weight excluding hydrogens is 174 g/mol. The average Bonchev–Trinajstić information content (AvgIpc) is 2.09. The van der Waals surface area contributed by atoms with Crippen LogP contribution in [0.2, 0.25) is 0 Å². The van der Waals surface area contributed by atoms with Crippen molar-refractivity contribution in [2.24, 2.45) is 0 Å². The summed E-state index contributed by atoms with van der Waals surface area (Å²) in [7, 11) is 1.60. The van der Waals surface area contributed by atoms with Gasteiger partial charge in [0, 0.05) is 12.6 Å². The maximum Gasteiger partial charge on any atom is 0.0210 e. The van der Waals surface area contributed by atoms with Crippen molar-refractivity contribution < 1.29 is 0 Å². The van der Waals surface area contributed by atoms with Crippen LogP contribution < -0.4 is 0 Å². The van der Waals surface area contributed by atoms with Gasteiger partial charge in [-0.25, -0.2) is 4.31 Å². The molecule has 1 aliphatic carbocycles. The van der Waals surface area contributed by atoms with Gasteiger partial charge in [0.15, 0.2) is 0 Å². The molecule has 66 valence electrons. The monoisotopic (exact) mass is 191 g/mol. The predicted molar refractivity (Wildman–Crippen MR) is 55.8 cm³/mol. The lowest BCUT2D eigenvalue weighted by Gasteiger charge is -2.30. The summed E-state index contributed by atoms with van der Waals surface area (Å²) in [6, 6.07) is 0.802. The van der Waals surface area contributed by atoms with Crippen molar-refractivity contribution in [2.45, 2.75) is 45.1 Å². The van der Waals surface area contributed by atoms with E-state index in [1.165, 1.54) is 32.1 Å². The summed E-state index contributed by atoms with van der Waals surface area (Å²) in [4.78, 5) is 0. The SMILES string of the molecule is CCN(SS)C1CCCCC1. The Morgan fingerprint density at radius 2 is 2.00 bits per heavy atom. The minimum absolute atomic E-state index is 0.802. The standard InChI is InChI=1S/C8H17NS2/c1-2-9(11-10)8-6-4-3-5-7-8/h8,10H,2-7H2,1H3. The molecule has 1 aliphatic rings. The zero-order valence-electron chi connectivity index (χ0n) is 7.12. The number of hydrogen-bond donors (Lipinski definition) is 1. The van der Waals surface area contributed by atoms with Gasteiger partial charge in [0.1, 0.15) is 0 Å². The molecule has 1 saturated carbocycles. The lowest BCUT2D eigenvalue weighted by atomic mass is 9.95. The Balaban J connectivity index is 2.30. The maximum absolute atomic E-state index is 4.25. The van der Waals surface area contributed by atoms with Crippen LogP contribution >= 0.6 is 22.6 Å². The van der Waals surface area contributed by atoms with E-state index in [0.29, 0.717) is 0 Å². The normalized spacial score (nSPS) is 21.0. The number of nitrogens with zero attached hydrogens (tertiary/aromatic N) is 1. The van der Waals surface area contributed by atoms with E-state index in [1.54, 1.807) is 11.0 Å². The highest BCUT2D eigenvalue weighted by atomic mass is 33.1. The first kappa shape index (κ1) is 9.75. The Labute approximate surface area is 78.9 Å². The van der Waals surface area contributed by atoms with E-state index >= 15 is 0 Å². The van der Waals surface area contributed by atoms with Crippen LogP contribution in [-0.4, -0.2) is 16.9 Å². The Morgan fingerprint density at radius 1 is 1.36 bits per heavy atom. The molecule has 0 saturated heterocycles. The molecule has 0 radical (unpaired) electrons. The predicted octanol–water partition coefficient (Wildman–Crippen LogP) is 3.13. The fourth-order valence-electron chi connectivity index (χ4n) is 1.75. The smallest absolute Gasteiger partial charge is 0.0210 e. The Bertz CT molecular complexity index is 98.3. The highest BCUT2D eigenvalue weighted by Crippen LogP contribution is 2.28. The topological polar surface area (TPSA) is 3.24 Å². The van der Waals surface area contributed by atoms with Gasteiger partial charge in [-0.2, -0.15) is 0 Å². The molecule has 0 aromatic heterocycles. The van der Waals surface area contributed by atoms with Crippen molar-refractivity contribution >= 4 is 22.6 Å². The summed E-state index contributed by atoms with van der Waals surface area (Å²) in [6.45, 7) is 3.33. The molecule has 0 N–H and O–H groups in total. The van der Waals surface area contributed by atoms with Crippen LogP contribution in [0.4, 0.5) is 0 Å². The van der Waals surface area contributed by atoms with Crippen LogP contribution in [0, 0.1) is 0 Å². The lowest BCUT2D eigenvalue weighted by Crippen LogP contribution is -2.30. The van der Waals surface area contributed by atoms with Crippen LogP contribution in [0.25, 0.3) is 0 Å². The van der Waals surface area contributed by atoms with Gasteiger partial charge >= 0.3 is 0 Å². The van der Waals surface area contributed by atoms with Crippen molar-refractivity contribution in [3.05, 3.63) is 0 Å². The molecule has 0 amide bonds. The zero-order valence-corrected chi connectivity index (χ0v) is 8.83. The van der Waals surface area contributed by atoms with E-state index < -0.39 is 0 Å². The molecule has 11 heavy (non-hydrogen) atoms. The van der Waals surface area contributed by atoms with Crippen molar-refractivity contribution in [1.29, 1.82) is 0 Å². The van der Waals surface area contributed by atoms with Crippen molar-refractivity contribution in [1.82, 2.24) is 4.31 Å². The molecule has 0 bridgehead atoms. The molecule has 0 aliphatic heterocycles. The fourth-order valence-corrected chi connectivity index (χ4v) is 2.96. The highest BCUT2D eigenvalue weighted by Gasteiger charge is 2.18. The van der Waals surface area contributed by atoms with E-state index in [4.69, 9.17) is 0 Å². The van der Waals surface area contributed by atoms with Gasteiger partial charge in [0.25, 0.3) is 0 Å². The number of rotatable bonds is 3. The van der Waals surface area contributed by atoms with Gasteiger partial charge in [-0.1, -0.05) is 37.8 Å². The van der Waals surface area contributed by atoms with Gasteiger partial charge in [0.05, 0.1) is 0 Å². The van der Waals surface area contributed by atoms with E-state index in [0.717, 1.165) is 12.6 Å². The number of hydrogen-bond acceptors (Lipinski definition) is 3. The molecule has 1 rings (SSSR count). The molecule has 0 aromatic carbocycles. The first-order valence-corrected chi connectivity index (χ1v) is 6.29. The van der Waals surface area contributed by atoms with Gasteiger partial charge in [-0.15, -0.1) is 0 Å². The van der Waals surface area contributed by atoms with Crippen LogP contribution in [0.5, 0.6) is 0 Å². The average molecular weight is 191 g/mol. The van der Waals surface area contributed by atoms with E-state index in [1.807, 2.05) is 0 Å². The zero-order chi connectivity index (χ0) is 8.10. The second kappa shape index (κ2) is 5.33. The highest BCUT2D eigenvalue weighted by molar-refractivity contribution is 8.67. The third kappa shape index (κ3) is 2.88. The summed E-state index contributed by atoms with van der Waals surface area (Å²) in [6.07, 6.45) is 7.01. The molecule has 0 unspecified atom stereocenters. The molecular formula is C8H17NS2. The molecule has 1 nitrogen and oxygen atoms in total. The molecule has 0 spiro atoms. The van der Waals surface area contributed by atoms with Crippen LogP contribution in [-0.2, 0) is 0 Å². The first-order chi connectivity index (χ1) is 5.38.